The summed E-state index contributed by atoms with van der Waals surface area (Å²) in [4.78, 5) is 15.5. The van der Waals surface area contributed by atoms with Crippen LogP contribution in [0.15, 0.2) is 168 Å². The van der Waals surface area contributed by atoms with Gasteiger partial charge in [-0.05, 0) is 75.1 Å². The van der Waals surface area contributed by atoms with E-state index >= 15 is 0 Å². The highest BCUT2D eigenvalue weighted by Gasteiger charge is 2.18. The SMILES string of the molecule is c1ccc2c(c1)cc(-c1ccc(-c3nc(-c4ccc5oc6ccccc6c5c4)nc(-c4cccc5sc6ccccc6c45)n3)cc1)c1ccccc12. The molecule has 52 heavy (non-hydrogen) atoms. The molecule has 0 aliphatic rings. The van der Waals surface area contributed by atoms with Gasteiger partial charge in [0.15, 0.2) is 17.5 Å². The van der Waals surface area contributed by atoms with Crippen LogP contribution in [-0.4, -0.2) is 15.0 Å². The minimum Gasteiger partial charge on any atom is -0.456 e. The minimum atomic E-state index is 0.619. The molecule has 0 radical (unpaired) electrons. The lowest BCUT2D eigenvalue weighted by atomic mass is 9.93. The maximum Gasteiger partial charge on any atom is 0.164 e. The zero-order valence-electron chi connectivity index (χ0n) is 27.7. The van der Waals surface area contributed by atoms with Gasteiger partial charge in [-0.1, -0.05) is 121 Å². The summed E-state index contributed by atoms with van der Waals surface area (Å²) in [5.41, 5.74) is 6.88. The Bertz CT molecular complexity index is 3190. The molecule has 11 rings (SSSR count). The summed E-state index contributed by atoms with van der Waals surface area (Å²) in [6.07, 6.45) is 0. The number of hydrogen-bond donors (Lipinski definition) is 0. The Morgan fingerprint density at radius 1 is 0.365 bits per heavy atom. The fourth-order valence-electron chi connectivity index (χ4n) is 7.67. The fraction of sp³-hybridized carbons (Fsp3) is 0. The summed E-state index contributed by atoms with van der Waals surface area (Å²) in [7, 11) is 0. The number of benzene rings is 8. The molecule has 0 atom stereocenters. The Labute approximate surface area is 302 Å². The molecule has 242 valence electrons. The monoisotopic (exact) mass is 681 g/mol. The normalized spacial score (nSPS) is 11.8. The number of furan rings is 1. The number of nitrogens with zero attached hydrogens (tertiary/aromatic N) is 3. The Morgan fingerprint density at radius 2 is 0.981 bits per heavy atom. The van der Waals surface area contributed by atoms with E-state index in [2.05, 4.69) is 133 Å². The first kappa shape index (κ1) is 29.1. The van der Waals surface area contributed by atoms with Crippen LogP contribution in [0.1, 0.15) is 0 Å². The number of rotatable bonds is 4. The van der Waals surface area contributed by atoms with Crippen molar-refractivity contribution in [3.63, 3.8) is 0 Å². The minimum absolute atomic E-state index is 0.619. The third-order valence-electron chi connectivity index (χ3n) is 10.1. The molecule has 0 unspecified atom stereocenters. The number of fused-ring (bicyclic) bond motifs is 9. The zero-order valence-corrected chi connectivity index (χ0v) is 28.6. The van der Waals surface area contributed by atoms with Gasteiger partial charge in [-0.2, -0.15) is 0 Å². The smallest absolute Gasteiger partial charge is 0.164 e. The van der Waals surface area contributed by atoms with Crippen LogP contribution in [0.4, 0.5) is 0 Å². The number of thiophene rings is 1. The molecule has 11 aromatic rings. The van der Waals surface area contributed by atoms with Gasteiger partial charge in [-0.25, -0.2) is 15.0 Å². The van der Waals surface area contributed by atoms with Gasteiger partial charge in [0.2, 0.25) is 0 Å². The van der Waals surface area contributed by atoms with Crippen LogP contribution in [-0.2, 0) is 0 Å². The lowest BCUT2D eigenvalue weighted by Gasteiger charge is -2.12. The van der Waals surface area contributed by atoms with E-state index in [4.69, 9.17) is 19.4 Å². The molecule has 8 aromatic carbocycles. The van der Waals surface area contributed by atoms with Gasteiger partial charge < -0.3 is 4.42 Å². The molecule has 0 N–H and O–H groups in total. The first-order valence-corrected chi connectivity index (χ1v) is 18.2. The van der Waals surface area contributed by atoms with Crippen molar-refractivity contribution in [2.24, 2.45) is 0 Å². The standard InChI is InChI=1S/C47H27N3OS/c1-2-11-32-30(10-1)26-38(34-13-4-3-12-33(32)34)28-20-22-29(23-21-28)45-48-46(31-24-25-41-39(27-31)35-14-5-7-17-40(35)51-41)50-47(49-45)37-16-9-19-43-44(37)36-15-6-8-18-42(36)52-43/h1-27H. The van der Waals surface area contributed by atoms with Crippen molar-refractivity contribution >= 4 is 75.0 Å². The zero-order chi connectivity index (χ0) is 34.2. The van der Waals surface area contributed by atoms with Crippen molar-refractivity contribution in [2.75, 3.05) is 0 Å². The molecule has 0 saturated carbocycles. The molecular weight excluding hydrogens is 655 g/mol. The van der Waals surface area contributed by atoms with E-state index in [1.54, 1.807) is 11.3 Å². The predicted molar refractivity (Wildman–Crippen MR) is 217 cm³/mol. The second kappa shape index (κ2) is 11.4. The van der Waals surface area contributed by atoms with E-state index in [-0.39, 0.29) is 0 Å². The summed E-state index contributed by atoms with van der Waals surface area (Å²) < 4.78 is 8.61. The maximum atomic E-state index is 6.16. The van der Waals surface area contributed by atoms with Gasteiger partial charge in [-0.15, -0.1) is 11.3 Å². The van der Waals surface area contributed by atoms with Crippen LogP contribution >= 0.6 is 11.3 Å². The average molecular weight is 682 g/mol. The first-order chi connectivity index (χ1) is 25.7. The predicted octanol–water partition coefficient (Wildman–Crippen LogP) is 13.1. The Hall–Kier alpha value is -6.69. The van der Waals surface area contributed by atoms with Crippen molar-refractivity contribution in [2.45, 2.75) is 0 Å². The van der Waals surface area contributed by atoms with E-state index in [0.29, 0.717) is 17.5 Å². The van der Waals surface area contributed by atoms with Gasteiger partial charge in [0.05, 0.1) is 0 Å². The highest BCUT2D eigenvalue weighted by Crippen LogP contribution is 2.41. The van der Waals surface area contributed by atoms with Crippen LogP contribution in [0.2, 0.25) is 0 Å². The fourth-order valence-corrected chi connectivity index (χ4v) is 8.80. The van der Waals surface area contributed by atoms with E-state index in [9.17, 15) is 0 Å². The van der Waals surface area contributed by atoms with Gasteiger partial charge in [0, 0.05) is 47.6 Å². The van der Waals surface area contributed by atoms with Gasteiger partial charge in [-0.3, -0.25) is 0 Å². The Morgan fingerprint density at radius 3 is 1.85 bits per heavy atom. The van der Waals surface area contributed by atoms with Crippen molar-refractivity contribution < 1.29 is 4.42 Å². The van der Waals surface area contributed by atoms with Crippen LogP contribution in [0, 0.1) is 0 Å². The molecular formula is C47H27N3OS. The van der Waals surface area contributed by atoms with Gasteiger partial charge in [0.1, 0.15) is 11.2 Å². The summed E-state index contributed by atoms with van der Waals surface area (Å²) in [5.74, 6) is 1.90. The van der Waals surface area contributed by atoms with E-state index in [1.165, 1.54) is 47.3 Å². The molecule has 0 saturated heterocycles. The average Bonchev–Trinajstić information content (AvgIpc) is 3.79. The molecule has 0 fully saturated rings. The second-order valence-electron chi connectivity index (χ2n) is 13.2. The van der Waals surface area contributed by atoms with Crippen LogP contribution in [0.25, 0.3) is 109 Å². The molecule has 0 spiro atoms. The molecule has 4 nitrogen and oxygen atoms in total. The first-order valence-electron chi connectivity index (χ1n) is 17.3. The maximum absolute atomic E-state index is 6.16. The van der Waals surface area contributed by atoms with Crippen LogP contribution in [0.3, 0.4) is 0 Å². The molecule has 0 bridgehead atoms. The Kier molecular flexibility index (Phi) is 6.39. The highest BCUT2D eigenvalue weighted by atomic mass is 32.1. The lowest BCUT2D eigenvalue weighted by Crippen LogP contribution is -2.00. The summed E-state index contributed by atoms with van der Waals surface area (Å²) in [6, 6.07) is 57.5. The number of aromatic nitrogens is 3. The number of para-hydroxylation sites is 1. The van der Waals surface area contributed by atoms with Crippen molar-refractivity contribution in [3.05, 3.63) is 164 Å². The molecule has 0 amide bonds. The molecule has 0 aliphatic carbocycles. The molecule has 3 aromatic heterocycles. The van der Waals surface area contributed by atoms with Crippen molar-refractivity contribution in [3.8, 4) is 45.3 Å². The van der Waals surface area contributed by atoms with Gasteiger partial charge >= 0.3 is 0 Å². The third-order valence-corrected chi connectivity index (χ3v) is 11.3. The third kappa shape index (κ3) is 4.57. The molecule has 0 aliphatic heterocycles. The van der Waals surface area contributed by atoms with E-state index in [0.717, 1.165) is 44.2 Å². The summed E-state index contributed by atoms with van der Waals surface area (Å²) in [6.45, 7) is 0. The highest BCUT2D eigenvalue weighted by molar-refractivity contribution is 7.25. The number of hydrogen-bond acceptors (Lipinski definition) is 5. The topological polar surface area (TPSA) is 51.8 Å². The summed E-state index contributed by atoms with van der Waals surface area (Å²) >= 11 is 1.79. The van der Waals surface area contributed by atoms with Crippen LogP contribution < -0.4 is 0 Å². The van der Waals surface area contributed by atoms with E-state index < -0.39 is 0 Å². The van der Waals surface area contributed by atoms with Crippen molar-refractivity contribution in [1.82, 2.24) is 15.0 Å². The Balaban J connectivity index is 1.11. The molecule has 5 heteroatoms. The quantitative estimate of drug-likeness (QED) is 0.174. The lowest BCUT2D eigenvalue weighted by molar-refractivity contribution is 0.669. The molecule has 3 heterocycles. The van der Waals surface area contributed by atoms with Crippen LogP contribution in [0.5, 0.6) is 0 Å². The largest absolute Gasteiger partial charge is 0.456 e. The van der Waals surface area contributed by atoms with Crippen molar-refractivity contribution in [1.29, 1.82) is 0 Å². The summed E-state index contributed by atoms with van der Waals surface area (Å²) in [5, 5.41) is 9.46. The van der Waals surface area contributed by atoms with E-state index in [1.807, 2.05) is 30.3 Å². The second-order valence-corrected chi connectivity index (χ2v) is 14.2. The van der Waals surface area contributed by atoms with Gasteiger partial charge in [0.25, 0.3) is 0 Å².